The molecular formula is C14H20N2O3. The lowest BCUT2D eigenvalue weighted by Crippen LogP contribution is -2.42. The average Bonchev–Trinajstić information content (AvgIpc) is 2.34. The van der Waals surface area contributed by atoms with E-state index in [1.807, 2.05) is 44.2 Å². The van der Waals surface area contributed by atoms with Crippen molar-refractivity contribution in [3.63, 3.8) is 0 Å². The smallest absolute Gasteiger partial charge is 0.321 e. The molecule has 0 radical (unpaired) electrons. The van der Waals surface area contributed by atoms with Crippen molar-refractivity contribution in [3.05, 3.63) is 35.9 Å². The van der Waals surface area contributed by atoms with Crippen molar-refractivity contribution in [3.8, 4) is 0 Å². The number of benzene rings is 1. The Morgan fingerprint density at radius 2 is 1.84 bits per heavy atom. The number of carbonyl (C=O) groups is 2. The third-order valence-corrected chi connectivity index (χ3v) is 2.53. The van der Waals surface area contributed by atoms with Gasteiger partial charge in [-0.1, -0.05) is 30.3 Å². The van der Waals surface area contributed by atoms with Gasteiger partial charge in [-0.05, 0) is 19.4 Å². The second kappa shape index (κ2) is 7.53. The summed E-state index contributed by atoms with van der Waals surface area (Å²) in [4.78, 5) is 22.7. The molecule has 0 heterocycles. The summed E-state index contributed by atoms with van der Waals surface area (Å²) in [5.74, 6) is -1.28. The second-order valence-electron chi connectivity index (χ2n) is 4.68. The Morgan fingerprint density at radius 3 is 2.37 bits per heavy atom. The molecule has 1 unspecified atom stereocenters. The Labute approximate surface area is 113 Å². The Morgan fingerprint density at radius 1 is 1.21 bits per heavy atom. The zero-order valence-electron chi connectivity index (χ0n) is 11.2. The first-order valence-corrected chi connectivity index (χ1v) is 6.28. The first kappa shape index (κ1) is 15.2. The lowest BCUT2D eigenvalue weighted by Gasteiger charge is -2.15. The summed E-state index contributed by atoms with van der Waals surface area (Å²) >= 11 is 0. The van der Waals surface area contributed by atoms with E-state index in [-0.39, 0.29) is 18.4 Å². The maximum atomic E-state index is 11.6. The highest BCUT2D eigenvalue weighted by atomic mass is 16.4. The molecule has 0 aliphatic carbocycles. The van der Waals surface area contributed by atoms with Gasteiger partial charge in [0.25, 0.3) is 0 Å². The first-order chi connectivity index (χ1) is 8.99. The lowest BCUT2D eigenvalue weighted by atomic mass is 10.1. The SMILES string of the molecule is CC(C)NC(=O)CC(NCc1ccccc1)C(=O)O. The second-order valence-corrected chi connectivity index (χ2v) is 4.68. The predicted octanol–water partition coefficient (Wildman–Crippen LogP) is 1.14. The molecule has 5 nitrogen and oxygen atoms in total. The van der Waals surface area contributed by atoms with E-state index in [0.29, 0.717) is 6.54 Å². The van der Waals surface area contributed by atoms with Crippen LogP contribution >= 0.6 is 0 Å². The van der Waals surface area contributed by atoms with Crippen LogP contribution in [0.15, 0.2) is 30.3 Å². The number of carboxylic acids is 1. The Bertz CT molecular complexity index is 418. The summed E-state index contributed by atoms with van der Waals surface area (Å²) in [5, 5.41) is 14.7. The highest BCUT2D eigenvalue weighted by molar-refractivity contribution is 5.84. The molecule has 3 N–H and O–H groups in total. The van der Waals surface area contributed by atoms with E-state index in [1.54, 1.807) is 0 Å². The van der Waals surface area contributed by atoms with Gasteiger partial charge in [-0.15, -0.1) is 0 Å². The Kier molecular flexibility index (Phi) is 6.02. The molecule has 0 aliphatic rings. The van der Waals surface area contributed by atoms with Gasteiger partial charge in [-0.3, -0.25) is 14.9 Å². The molecule has 1 aromatic carbocycles. The minimum absolute atomic E-state index is 0.0102. The van der Waals surface area contributed by atoms with Crippen LogP contribution in [-0.4, -0.2) is 29.1 Å². The summed E-state index contributed by atoms with van der Waals surface area (Å²) in [6.45, 7) is 4.10. The molecule has 0 saturated heterocycles. The predicted molar refractivity (Wildman–Crippen MR) is 72.6 cm³/mol. The van der Waals surface area contributed by atoms with Crippen LogP contribution < -0.4 is 10.6 Å². The van der Waals surface area contributed by atoms with E-state index in [9.17, 15) is 9.59 Å². The van der Waals surface area contributed by atoms with Crippen LogP contribution in [0.3, 0.4) is 0 Å². The molecule has 1 amide bonds. The fourth-order valence-corrected chi connectivity index (χ4v) is 1.65. The van der Waals surface area contributed by atoms with Gasteiger partial charge in [0.2, 0.25) is 5.91 Å². The van der Waals surface area contributed by atoms with E-state index in [1.165, 1.54) is 0 Å². The summed E-state index contributed by atoms with van der Waals surface area (Å²) < 4.78 is 0. The fraction of sp³-hybridized carbons (Fsp3) is 0.429. The van der Waals surface area contributed by atoms with Crippen molar-refractivity contribution < 1.29 is 14.7 Å². The quantitative estimate of drug-likeness (QED) is 0.690. The standard InChI is InChI=1S/C14H20N2O3/c1-10(2)16-13(17)8-12(14(18)19)15-9-11-6-4-3-5-7-11/h3-7,10,12,15H,8-9H2,1-2H3,(H,16,17)(H,18,19). The van der Waals surface area contributed by atoms with Gasteiger partial charge in [0, 0.05) is 12.6 Å². The first-order valence-electron chi connectivity index (χ1n) is 6.28. The van der Waals surface area contributed by atoms with Crippen molar-refractivity contribution in [1.29, 1.82) is 0 Å². The number of rotatable bonds is 7. The molecule has 5 heteroatoms. The van der Waals surface area contributed by atoms with Gasteiger partial charge < -0.3 is 10.4 Å². The molecule has 0 bridgehead atoms. The van der Waals surface area contributed by atoms with Gasteiger partial charge in [0.05, 0.1) is 6.42 Å². The number of carbonyl (C=O) groups excluding carboxylic acids is 1. The van der Waals surface area contributed by atoms with Gasteiger partial charge in [0.1, 0.15) is 6.04 Å². The molecule has 19 heavy (non-hydrogen) atoms. The molecule has 1 atom stereocenters. The number of hydrogen-bond donors (Lipinski definition) is 3. The summed E-state index contributed by atoms with van der Waals surface area (Å²) in [7, 11) is 0. The summed E-state index contributed by atoms with van der Waals surface area (Å²) in [6, 6.07) is 8.61. The van der Waals surface area contributed by atoms with Crippen molar-refractivity contribution >= 4 is 11.9 Å². The maximum Gasteiger partial charge on any atom is 0.321 e. The monoisotopic (exact) mass is 264 g/mol. The minimum atomic E-state index is -1.02. The van der Waals surface area contributed by atoms with E-state index in [4.69, 9.17) is 5.11 Å². The molecule has 1 rings (SSSR count). The van der Waals surface area contributed by atoms with Crippen molar-refractivity contribution in [2.75, 3.05) is 0 Å². The number of carboxylic acid groups (broad SMARTS) is 1. The largest absolute Gasteiger partial charge is 0.480 e. The fourth-order valence-electron chi connectivity index (χ4n) is 1.65. The maximum absolute atomic E-state index is 11.6. The topological polar surface area (TPSA) is 78.4 Å². The molecule has 104 valence electrons. The molecule has 0 aliphatic heterocycles. The highest BCUT2D eigenvalue weighted by Crippen LogP contribution is 2.00. The Balaban J connectivity index is 2.49. The minimum Gasteiger partial charge on any atom is -0.480 e. The van der Waals surface area contributed by atoms with Gasteiger partial charge in [-0.25, -0.2) is 0 Å². The van der Waals surface area contributed by atoms with Crippen LogP contribution in [0, 0.1) is 0 Å². The summed E-state index contributed by atoms with van der Waals surface area (Å²) in [5.41, 5.74) is 0.984. The molecule has 0 spiro atoms. The van der Waals surface area contributed by atoms with Gasteiger partial charge in [-0.2, -0.15) is 0 Å². The van der Waals surface area contributed by atoms with Crippen LogP contribution in [0.2, 0.25) is 0 Å². The average molecular weight is 264 g/mol. The van der Waals surface area contributed by atoms with Crippen LogP contribution in [0.25, 0.3) is 0 Å². The molecule has 0 saturated carbocycles. The van der Waals surface area contributed by atoms with Crippen LogP contribution in [0.4, 0.5) is 0 Å². The number of aliphatic carboxylic acids is 1. The molecule has 1 aromatic rings. The van der Waals surface area contributed by atoms with E-state index in [2.05, 4.69) is 10.6 Å². The zero-order chi connectivity index (χ0) is 14.3. The number of hydrogen-bond acceptors (Lipinski definition) is 3. The van der Waals surface area contributed by atoms with Crippen molar-refractivity contribution in [1.82, 2.24) is 10.6 Å². The third-order valence-electron chi connectivity index (χ3n) is 2.53. The van der Waals surface area contributed by atoms with Gasteiger partial charge in [0.15, 0.2) is 0 Å². The van der Waals surface area contributed by atoms with E-state index >= 15 is 0 Å². The number of nitrogens with one attached hydrogen (secondary N) is 2. The van der Waals surface area contributed by atoms with Gasteiger partial charge >= 0.3 is 5.97 Å². The lowest BCUT2D eigenvalue weighted by molar-refractivity contribution is -0.141. The normalized spacial score (nSPS) is 12.2. The zero-order valence-corrected chi connectivity index (χ0v) is 11.2. The summed E-state index contributed by atoms with van der Waals surface area (Å²) in [6.07, 6.45) is -0.0691. The Hall–Kier alpha value is -1.88. The van der Waals surface area contributed by atoms with Crippen molar-refractivity contribution in [2.45, 2.75) is 38.9 Å². The van der Waals surface area contributed by atoms with Crippen LogP contribution in [0.1, 0.15) is 25.8 Å². The molecular weight excluding hydrogens is 244 g/mol. The number of amides is 1. The molecule has 0 fully saturated rings. The third kappa shape index (κ3) is 6.01. The van der Waals surface area contributed by atoms with E-state index in [0.717, 1.165) is 5.56 Å². The van der Waals surface area contributed by atoms with E-state index < -0.39 is 12.0 Å². The van der Waals surface area contributed by atoms with Crippen LogP contribution in [0.5, 0.6) is 0 Å². The highest BCUT2D eigenvalue weighted by Gasteiger charge is 2.20. The van der Waals surface area contributed by atoms with Crippen LogP contribution in [-0.2, 0) is 16.1 Å². The molecule has 0 aromatic heterocycles. The van der Waals surface area contributed by atoms with Crippen molar-refractivity contribution in [2.24, 2.45) is 0 Å².